The molecule has 4 heterocycles. The third kappa shape index (κ3) is 4.31. The number of benzodiazepines with no additional fused rings is 1. The highest BCUT2D eigenvalue weighted by Crippen LogP contribution is 2.32. The zero-order valence-electron chi connectivity index (χ0n) is 19.6. The molecular formula is C27H25N7O2. The maximum Gasteiger partial charge on any atom is 0.317 e. The fraction of sp³-hybridized carbons (Fsp3) is 0.222. The first-order chi connectivity index (χ1) is 17.8. The minimum atomic E-state index is -0.958. The van der Waals surface area contributed by atoms with E-state index >= 15 is 0 Å². The van der Waals surface area contributed by atoms with Crippen LogP contribution in [0.4, 0.5) is 17.4 Å². The van der Waals surface area contributed by atoms with Crippen molar-refractivity contribution in [3.63, 3.8) is 0 Å². The van der Waals surface area contributed by atoms with E-state index in [9.17, 15) is 4.79 Å². The van der Waals surface area contributed by atoms with Gasteiger partial charge in [0, 0.05) is 30.4 Å². The number of hydrogen-bond donors (Lipinski definition) is 2. The standard InChI is InChI=1S/C27H25N7O2/c35-25-24(30-23(18-9-3-1-4-10-18)19-11-5-6-12-21(19)29-25)31-27-33-32-26(36-27)20-13-14-28-17-22(20)34-15-7-2-8-16-34/h1,3-6,9-14,17,24H,2,7-8,15-16H2,(H,29,35)(H,31,33). The second kappa shape index (κ2) is 9.61. The average molecular weight is 480 g/mol. The first-order valence-electron chi connectivity index (χ1n) is 12.1. The first kappa shape index (κ1) is 22.0. The summed E-state index contributed by atoms with van der Waals surface area (Å²) in [5.41, 5.74) is 4.93. The van der Waals surface area contributed by atoms with Crippen molar-refractivity contribution < 1.29 is 9.21 Å². The number of rotatable bonds is 5. The van der Waals surface area contributed by atoms with E-state index in [0.29, 0.717) is 17.3 Å². The molecule has 0 radical (unpaired) electrons. The van der Waals surface area contributed by atoms with E-state index in [1.165, 1.54) is 6.42 Å². The number of benzene rings is 2. The Hall–Kier alpha value is -4.53. The van der Waals surface area contributed by atoms with Gasteiger partial charge in [-0.15, -0.1) is 5.10 Å². The molecule has 9 heteroatoms. The number of fused-ring (bicyclic) bond motifs is 1. The van der Waals surface area contributed by atoms with Crippen molar-refractivity contribution in [2.24, 2.45) is 4.99 Å². The predicted molar refractivity (Wildman–Crippen MR) is 138 cm³/mol. The van der Waals surface area contributed by atoms with Gasteiger partial charge in [-0.05, 0) is 31.4 Å². The predicted octanol–water partition coefficient (Wildman–Crippen LogP) is 4.35. The van der Waals surface area contributed by atoms with Crippen molar-refractivity contribution in [3.05, 3.63) is 84.2 Å². The summed E-state index contributed by atoms with van der Waals surface area (Å²) in [4.78, 5) is 24.5. The lowest BCUT2D eigenvalue weighted by atomic mass is 10.0. The molecule has 0 bridgehead atoms. The SMILES string of the molecule is O=C1Nc2ccccc2C(c2ccccc2)=NC1Nc1nnc(-c2ccncc2N2CCCCC2)o1. The number of aromatic nitrogens is 3. The van der Waals surface area contributed by atoms with Crippen molar-refractivity contribution in [1.82, 2.24) is 15.2 Å². The number of carbonyl (C=O) groups excluding carboxylic acids is 1. The Labute approximate surface area is 208 Å². The normalized spacial score (nSPS) is 17.6. The Morgan fingerprint density at radius 2 is 1.72 bits per heavy atom. The number of nitrogens with one attached hydrogen (secondary N) is 2. The van der Waals surface area contributed by atoms with E-state index in [1.54, 1.807) is 6.20 Å². The topological polar surface area (TPSA) is 109 Å². The quantitative estimate of drug-likeness (QED) is 0.438. The van der Waals surface area contributed by atoms with Crippen molar-refractivity contribution in [2.75, 3.05) is 28.6 Å². The monoisotopic (exact) mass is 479 g/mol. The van der Waals surface area contributed by atoms with Gasteiger partial charge in [0.15, 0.2) is 0 Å². The third-order valence-corrected chi connectivity index (χ3v) is 6.41. The van der Waals surface area contributed by atoms with Gasteiger partial charge < -0.3 is 20.0 Å². The maximum atomic E-state index is 13.1. The number of para-hydroxylation sites is 1. The Balaban J connectivity index is 1.32. The number of carbonyl (C=O) groups is 1. The molecule has 1 unspecified atom stereocenters. The summed E-state index contributed by atoms with van der Waals surface area (Å²) >= 11 is 0. The highest BCUT2D eigenvalue weighted by molar-refractivity contribution is 6.19. The van der Waals surface area contributed by atoms with Crippen molar-refractivity contribution in [2.45, 2.75) is 25.4 Å². The molecule has 2 aliphatic heterocycles. The Morgan fingerprint density at radius 3 is 2.58 bits per heavy atom. The number of amides is 1. The second-order valence-corrected chi connectivity index (χ2v) is 8.78. The summed E-state index contributed by atoms with van der Waals surface area (Å²) in [5, 5.41) is 14.4. The third-order valence-electron chi connectivity index (χ3n) is 6.41. The molecule has 1 saturated heterocycles. The first-order valence-corrected chi connectivity index (χ1v) is 12.1. The van der Waals surface area contributed by atoms with Gasteiger partial charge in [-0.1, -0.05) is 53.6 Å². The summed E-state index contributed by atoms with van der Waals surface area (Å²) < 4.78 is 5.97. The summed E-state index contributed by atoms with van der Waals surface area (Å²) in [5.74, 6) is 0.0519. The number of piperidine rings is 1. The molecular weight excluding hydrogens is 454 g/mol. The van der Waals surface area contributed by atoms with Gasteiger partial charge >= 0.3 is 6.01 Å². The smallest absolute Gasteiger partial charge is 0.317 e. The number of anilines is 3. The van der Waals surface area contributed by atoms with Crippen LogP contribution in [-0.2, 0) is 4.79 Å². The minimum absolute atomic E-state index is 0.119. The second-order valence-electron chi connectivity index (χ2n) is 8.78. The van der Waals surface area contributed by atoms with E-state index in [4.69, 9.17) is 9.41 Å². The minimum Gasteiger partial charge on any atom is -0.403 e. The largest absolute Gasteiger partial charge is 0.403 e. The van der Waals surface area contributed by atoms with Gasteiger partial charge in [0.05, 0.1) is 28.8 Å². The van der Waals surface area contributed by atoms with E-state index in [2.05, 4.69) is 30.7 Å². The summed E-state index contributed by atoms with van der Waals surface area (Å²) in [7, 11) is 0. The van der Waals surface area contributed by atoms with Gasteiger partial charge in [0.2, 0.25) is 6.17 Å². The molecule has 180 valence electrons. The maximum absolute atomic E-state index is 13.1. The van der Waals surface area contributed by atoms with Crippen LogP contribution < -0.4 is 15.5 Å². The molecule has 36 heavy (non-hydrogen) atoms. The lowest BCUT2D eigenvalue weighted by molar-refractivity contribution is -0.116. The Bertz CT molecular complexity index is 1410. The van der Waals surface area contributed by atoms with Crippen LogP contribution in [0.2, 0.25) is 0 Å². The van der Waals surface area contributed by atoms with Gasteiger partial charge in [-0.25, -0.2) is 4.99 Å². The van der Waals surface area contributed by atoms with Gasteiger partial charge in [-0.3, -0.25) is 9.78 Å². The highest BCUT2D eigenvalue weighted by atomic mass is 16.4. The van der Waals surface area contributed by atoms with Gasteiger partial charge in [-0.2, -0.15) is 0 Å². The lowest BCUT2D eigenvalue weighted by Crippen LogP contribution is -2.32. The summed E-state index contributed by atoms with van der Waals surface area (Å²) in [6, 6.07) is 19.4. The molecule has 0 aliphatic carbocycles. The average Bonchev–Trinajstić information content (AvgIpc) is 3.35. The number of hydrogen-bond acceptors (Lipinski definition) is 8. The van der Waals surface area contributed by atoms with Gasteiger partial charge in [0.1, 0.15) is 0 Å². The number of aliphatic imine (C=N–C) groups is 1. The van der Waals surface area contributed by atoms with E-state index in [0.717, 1.165) is 48.3 Å². The Kier molecular flexibility index (Phi) is 5.87. The highest BCUT2D eigenvalue weighted by Gasteiger charge is 2.27. The van der Waals surface area contributed by atoms with Crippen LogP contribution in [0.3, 0.4) is 0 Å². The van der Waals surface area contributed by atoms with Crippen LogP contribution in [0, 0.1) is 0 Å². The molecule has 2 aromatic carbocycles. The van der Waals surface area contributed by atoms with Crippen LogP contribution >= 0.6 is 0 Å². The van der Waals surface area contributed by atoms with Crippen LogP contribution in [0.5, 0.6) is 0 Å². The number of nitrogens with zero attached hydrogens (tertiary/aromatic N) is 5. The number of pyridine rings is 1. The zero-order valence-corrected chi connectivity index (χ0v) is 19.6. The fourth-order valence-corrected chi connectivity index (χ4v) is 4.64. The fourth-order valence-electron chi connectivity index (χ4n) is 4.64. The molecule has 2 aromatic heterocycles. The van der Waals surface area contributed by atoms with Crippen LogP contribution in [0.25, 0.3) is 11.5 Å². The molecule has 1 atom stereocenters. The molecule has 1 fully saturated rings. The summed E-state index contributed by atoms with van der Waals surface area (Å²) in [6.07, 6.45) is 6.12. The van der Waals surface area contributed by atoms with Crippen molar-refractivity contribution >= 4 is 29.0 Å². The van der Waals surface area contributed by atoms with E-state index in [-0.39, 0.29) is 11.9 Å². The van der Waals surface area contributed by atoms with Crippen molar-refractivity contribution in [3.8, 4) is 11.5 Å². The molecule has 4 aromatic rings. The molecule has 6 rings (SSSR count). The molecule has 2 aliphatic rings. The van der Waals surface area contributed by atoms with Crippen LogP contribution in [0.15, 0.2) is 82.5 Å². The Morgan fingerprint density at radius 1 is 0.917 bits per heavy atom. The molecule has 2 N–H and O–H groups in total. The molecule has 0 spiro atoms. The zero-order chi connectivity index (χ0) is 24.3. The van der Waals surface area contributed by atoms with E-state index < -0.39 is 6.17 Å². The van der Waals surface area contributed by atoms with Crippen LogP contribution in [0.1, 0.15) is 30.4 Å². The van der Waals surface area contributed by atoms with Gasteiger partial charge in [0.25, 0.3) is 11.8 Å². The summed E-state index contributed by atoms with van der Waals surface area (Å²) in [6.45, 7) is 1.94. The lowest BCUT2D eigenvalue weighted by Gasteiger charge is -2.29. The van der Waals surface area contributed by atoms with Crippen LogP contribution in [-0.4, -0.2) is 46.1 Å². The van der Waals surface area contributed by atoms with Crippen molar-refractivity contribution in [1.29, 1.82) is 0 Å². The molecule has 9 nitrogen and oxygen atoms in total. The molecule has 1 amide bonds. The molecule has 0 saturated carbocycles. The van der Waals surface area contributed by atoms with E-state index in [1.807, 2.05) is 66.9 Å².